The Labute approximate surface area is 141 Å². The van der Waals surface area contributed by atoms with Crippen LogP contribution in [0.25, 0.3) is 6.08 Å². The number of hydrogen-bond donors (Lipinski definition) is 2. The summed E-state index contributed by atoms with van der Waals surface area (Å²) in [6, 6.07) is 3.40. The van der Waals surface area contributed by atoms with Crippen LogP contribution in [0, 0.1) is 0 Å². The molecule has 0 saturated heterocycles. The van der Waals surface area contributed by atoms with Crippen LogP contribution in [0.15, 0.2) is 18.2 Å². The molecule has 2 N–H and O–H groups in total. The maximum absolute atomic E-state index is 13.3. The maximum Gasteiger partial charge on any atom is 0.257 e. The fourth-order valence-corrected chi connectivity index (χ4v) is 4.24. The van der Waals surface area contributed by atoms with E-state index in [1.807, 2.05) is 29.2 Å². The first-order valence-corrected chi connectivity index (χ1v) is 8.79. The van der Waals surface area contributed by atoms with Crippen molar-refractivity contribution < 1.29 is 14.7 Å². The molecule has 5 nitrogen and oxygen atoms in total. The largest absolute Gasteiger partial charge is 0.395 e. The zero-order chi connectivity index (χ0) is 16.7. The van der Waals surface area contributed by atoms with Crippen molar-refractivity contribution in [2.75, 3.05) is 18.5 Å². The van der Waals surface area contributed by atoms with E-state index < -0.39 is 6.04 Å². The number of anilines is 1. The molecule has 1 saturated carbocycles. The molecule has 1 heterocycles. The molecule has 1 atom stereocenters. The fourth-order valence-electron chi connectivity index (χ4n) is 4.24. The predicted octanol–water partition coefficient (Wildman–Crippen LogP) is 2.46. The van der Waals surface area contributed by atoms with Crippen LogP contribution in [-0.4, -0.2) is 46.9 Å². The Bertz CT molecular complexity index is 720. The van der Waals surface area contributed by atoms with Crippen LogP contribution >= 0.6 is 0 Å². The van der Waals surface area contributed by atoms with Crippen molar-refractivity contribution >= 4 is 23.5 Å². The van der Waals surface area contributed by atoms with Crippen LogP contribution < -0.4 is 5.32 Å². The number of carbonyl (C=O) groups excluding carboxylic acids is 2. The van der Waals surface area contributed by atoms with Gasteiger partial charge in [-0.25, -0.2) is 0 Å². The summed E-state index contributed by atoms with van der Waals surface area (Å²) in [6.07, 6.45) is 9.21. The first kappa shape index (κ1) is 15.4. The predicted molar refractivity (Wildman–Crippen MR) is 92.2 cm³/mol. The molecule has 2 aliphatic carbocycles. The fraction of sp³-hybridized carbons (Fsp3) is 0.474. The van der Waals surface area contributed by atoms with Gasteiger partial charge >= 0.3 is 0 Å². The van der Waals surface area contributed by atoms with E-state index in [4.69, 9.17) is 5.11 Å². The number of nitrogens with one attached hydrogen (secondary N) is 1. The minimum absolute atomic E-state index is 0.0203. The number of aliphatic hydroxyl groups excluding tert-OH is 1. The number of ketones is 1. The summed E-state index contributed by atoms with van der Waals surface area (Å²) in [7, 11) is 0. The van der Waals surface area contributed by atoms with Crippen LogP contribution in [0.4, 0.5) is 5.69 Å². The summed E-state index contributed by atoms with van der Waals surface area (Å²) in [5.41, 5.74) is 2.49. The van der Waals surface area contributed by atoms with Crippen molar-refractivity contribution in [3.8, 4) is 0 Å². The number of aliphatic hydroxyl groups is 1. The highest BCUT2D eigenvalue weighted by Gasteiger charge is 2.44. The molecule has 4 rings (SSSR count). The number of carbonyl (C=O) groups is 2. The van der Waals surface area contributed by atoms with Gasteiger partial charge in [0.1, 0.15) is 6.04 Å². The Morgan fingerprint density at radius 3 is 2.67 bits per heavy atom. The Morgan fingerprint density at radius 2 is 1.92 bits per heavy atom. The molecule has 1 aromatic carbocycles. The highest BCUT2D eigenvalue weighted by atomic mass is 16.3. The third kappa shape index (κ3) is 2.26. The van der Waals surface area contributed by atoms with Gasteiger partial charge in [0.15, 0.2) is 5.78 Å². The number of nitrogens with zero attached hydrogens (tertiary/aromatic N) is 1. The molecule has 126 valence electrons. The maximum atomic E-state index is 13.3. The summed E-state index contributed by atoms with van der Waals surface area (Å²) >= 11 is 0. The number of Topliss-reactive ketones (excluding diaryl/α,β-unsaturated/α-hetero) is 1. The zero-order valence-electron chi connectivity index (χ0n) is 13.6. The van der Waals surface area contributed by atoms with E-state index in [0.29, 0.717) is 23.4 Å². The van der Waals surface area contributed by atoms with Crippen LogP contribution in [0.3, 0.4) is 0 Å². The van der Waals surface area contributed by atoms with Gasteiger partial charge in [0.2, 0.25) is 0 Å². The molecule has 1 unspecified atom stereocenters. The standard InChI is InChI=1S/C19H22N2O3/c22-11-10-20-14-8-6-12-7-9-15-18(23)16(12)17(14)19(24)21(15)13-4-2-1-3-5-13/h6-9,13,15,20,22H,1-5,10-11H2. The van der Waals surface area contributed by atoms with E-state index >= 15 is 0 Å². The molecule has 0 aromatic heterocycles. The molecule has 2 bridgehead atoms. The van der Waals surface area contributed by atoms with Crippen LogP contribution in [-0.2, 0) is 0 Å². The lowest BCUT2D eigenvalue weighted by atomic mass is 9.81. The minimum Gasteiger partial charge on any atom is -0.395 e. The van der Waals surface area contributed by atoms with Crippen molar-refractivity contribution in [3.05, 3.63) is 34.9 Å². The molecular formula is C19H22N2O3. The van der Waals surface area contributed by atoms with Gasteiger partial charge < -0.3 is 15.3 Å². The molecule has 1 amide bonds. The SMILES string of the molecule is O=C1c2c3ccc(NCCO)c2C(=O)N(C2CCCCC2)C1C=C3. The lowest BCUT2D eigenvalue weighted by Gasteiger charge is -2.43. The molecule has 1 aliphatic heterocycles. The monoisotopic (exact) mass is 326 g/mol. The summed E-state index contributed by atoms with van der Waals surface area (Å²) in [4.78, 5) is 28.1. The average molecular weight is 326 g/mol. The number of fused-ring (bicyclic) bond motifs is 1. The van der Waals surface area contributed by atoms with Gasteiger partial charge in [0.25, 0.3) is 5.91 Å². The van der Waals surface area contributed by atoms with Crippen LogP contribution in [0.2, 0.25) is 0 Å². The van der Waals surface area contributed by atoms with Gasteiger partial charge in [-0.05, 0) is 24.5 Å². The Morgan fingerprint density at radius 1 is 1.12 bits per heavy atom. The van der Waals surface area contributed by atoms with E-state index in [9.17, 15) is 9.59 Å². The second-order valence-corrected chi connectivity index (χ2v) is 6.78. The number of rotatable bonds is 4. The number of hydrogen-bond acceptors (Lipinski definition) is 4. The Balaban J connectivity index is 1.81. The zero-order valence-corrected chi connectivity index (χ0v) is 13.6. The molecule has 1 aromatic rings. The van der Waals surface area contributed by atoms with E-state index in [2.05, 4.69) is 5.32 Å². The normalized spacial score (nSPS) is 22.9. The highest BCUT2D eigenvalue weighted by molar-refractivity contribution is 6.21. The van der Waals surface area contributed by atoms with Crippen molar-refractivity contribution in [2.24, 2.45) is 0 Å². The van der Waals surface area contributed by atoms with Crippen LogP contribution in [0.5, 0.6) is 0 Å². The summed E-state index contributed by atoms with van der Waals surface area (Å²) < 4.78 is 0. The molecule has 0 radical (unpaired) electrons. The second kappa shape index (κ2) is 6.06. The van der Waals surface area contributed by atoms with Crippen LogP contribution in [0.1, 0.15) is 58.4 Å². The van der Waals surface area contributed by atoms with Crippen molar-refractivity contribution in [3.63, 3.8) is 0 Å². The average Bonchev–Trinajstić information content (AvgIpc) is 2.61. The molecule has 1 fully saturated rings. The molecular weight excluding hydrogens is 304 g/mol. The Kier molecular flexibility index (Phi) is 3.88. The van der Waals surface area contributed by atoms with Gasteiger partial charge in [-0.1, -0.05) is 37.5 Å². The Hall–Kier alpha value is -2.14. The smallest absolute Gasteiger partial charge is 0.257 e. The quantitative estimate of drug-likeness (QED) is 0.892. The van der Waals surface area contributed by atoms with E-state index in [-0.39, 0.29) is 24.3 Å². The van der Waals surface area contributed by atoms with Crippen molar-refractivity contribution in [2.45, 2.75) is 44.2 Å². The van der Waals surface area contributed by atoms with Gasteiger partial charge in [-0.15, -0.1) is 0 Å². The number of benzene rings is 1. The van der Waals surface area contributed by atoms with E-state index in [0.717, 1.165) is 31.2 Å². The second-order valence-electron chi connectivity index (χ2n) is 6.78. The van der Waals surface area contributed by atoms with E-state index in [1.165, 1.54) is 6.42 Å². The molecule has 24 heavy (non-hydrogen) atoms. The third-order valence-corrected chi connectivity index (χ3v) is 5.35. The van der Waals surface area contributed by atoms with Gasteiger partial charge in [0, 0.05) is 23.8 Å². The highest BCUT2D eigenvalue weighted by Crippen LogP contribution is 2.39. The summed E-state index contributed by atoms with van der Waals surface area (Å²) in [5, 5.41) is 12.2. The first-order chi connectivity index (χ1) is 11.7. The number of amides is 1. The molecule has 0 spiro atoms. The lowest BCUT2D eigenvalue weighted by Crippen LogP contribution is -2.55. The third-order valence-electron chi connectivity index (χ3n) is 5.35. The minimum atomic E-state index is -0.450. The lowest BCUT2D eigenvalue weighted by molar-refractivity contribution is 0.0487. The van der Waals surface area contributed by atoms with Crippen molar-refractivity contribution in [1.29, 1.82) is 0 Å². The summed E-state index contributed by atoms with van der Waals surface area (Å²) in [5.74, 6) is -0.0199. The molecule has 5 heteroatoms. The first-order valence-electron chi connectivity index (χ1n) is 8.79. The topological polar surface area (TPSA) is 69.6 Å². The summed E-state index contributed by atoms with van der Waals surface area (Å²) in [6.45, 7) is 0.337. The van der Waals surface area contributed by atoms with Crippen molar-refractivity contribution in [1.82, 2.24) is 4.90 Å². The van der Waals surface area contributed by atoms with Gasteiger partial charge in [0.05, 0.1) is 12.2 Å². The molecule has 3 aliphatic rings. The van der Waals surface area contributed by atoms with Gasteiger partial charge in [-0.2, -0.15) is 0 Å². The van der Waals surface area contributed by atoms with E-state index in [1.54, 1.807) is 0 Å². The van der Waals surface area contributed by atoms with Gasteiger partial charge in [-0.3, -0.25) is 9.59 Å².